The van der Waals surface area contributed by atoms with Crippen LogP contribution >= 0.6 is 0 Å². The van der Waals surface area contributed by atoms with Crippen LogP contribution in [0.3, 0.4) is 0 Å². The van der Waals surface area contributed by atoms with Gasteiger partial charge in [0.2, 0.25) is 0 Å². The lowest BCUT2D eigenvalue weighted by Crippen LogP contribution is -2.42. The number of fused-ring (bicyclic) bond motifs is 1. The molecule has 8 nitrogen and oxygen atoms in total. The van der Waals surface area contributed by atoms with Crippen molar-refractivity contribution < 1.29 is 22.7 Å². The van der Waals surface area contributed by atoms with E-state index in [4.69, 9.17) is 9.47 Å². The Morgan fingerprint density at radius 3 is 2.58 bits per heavy atom. The van der Waals surface area contributed by atoms with Crippen LogP contribution in [-0.4, -0.2) is 61.0 Å². The van der Waals surface area contributed by atoms with Gasteiger partial charge in [0, 0.05) is 43.8 Å². The minimum atomic E-state index is -3.25. The van der Waals surface area contributed by atoms with Gasteiger partial charge in [0.05, 0.1) is 23.2 Å². The van der Waals surface area contributed by atoms with Crippen LogP contribution < -0.4 is 4.74 Å². The Balaban J connectivity index is 1.43. The van der Waals surface area contributed by atoms with Crippen LogP contribution in [0.15, 0.2) is 53.7 Å². The second-order valence-corrected chi connectivity index (χ2v) is 9.55. The number of sulfone groups is 1. The van der Waals surface area contributed by atoms with Crippen molar-refractivity contribution in [2.24, 2.45) is 0 Å². The molecule has 1 saturated heterocycles. The lowest BCUT2D eigenvalue weighted by Gasteiger charge is -2.31. The van der Waals surface area contributed by atoms with Gasteiger partial charge in [-0.15, -0.1) is 0 Å². The molecule has 2 aromatic heterocycles. The molecule has 0 spiro atoms. The molecule has 164 valence electrons. The number of hydrogen-bond acceptors (Lipinski definition) is 6. The molecule has 31 heavy (non-hydrogen) atoms. The first kappa shape index (κ1) is 21.2. The maximum atomic E-state index is 11.8. The van der Waals surface area contributed by atoms with Crippen molar-refractivity contribution in [2.45, 2.75) is 30.8 Å². The maximum Gasteiger partial charge on any atom is 0.409 e. The third-order valence-electron chi connectivity index (χ3n) is 5.33. The molecule has 0 N–H and O–H groups in total. The fourth-order valence-corrected chi connectivity index (χ4v) is 4.36. The van der Waals surface area contributed by atoms with Gasteiger partial charge in [-0.3, -0.25) is 0 Å². The number of rotatable bonds is 5. The van der Waals surface area contributed by atoms with Gasteiger partial charge in [-0.1, -0.05) is 0 Å². The Bertz CT molecular complexity index is 1180. The zero-order valence-electron chi connectivity index (χ0n) is 17.5. The summed E-state index contributed by atoms with van der Waals surface area (Å²) < 4.78 is 36.5. The third kappa shape index (κ3) is 4.66. The Hall–Kier alpha value is -3.07. The van der Waals surface area contributed by atoms with Crippen LogP contribution in [0.25, 0.3) is 16.7 Å². The van der Waals surface area contributed by atoms with E-state index in [9.17, 15) is 13.2 Å². The summed E-state index contributed by atoms with van der Waals surface area (Å²) >= 11 is 0. The van der Waals surface area contributed by atoms with E-state index >= 15 is 0 Å². The molecule has 0 saturated carbocycles. The van der Waals surface area contributed by atoms with Crippen LogP contribution in [0.5, 0.6) is 5.75 Å². The Morgan fingerprint density at radius 1 is 1.16 bits per heavy atom. The molecule has 0 atom stereocenters. The number of pyridine rings is 1. The summed E-state index contributed by atoms with van der Waals surface area (Å²) in [6, 6.07) is 10.7. The summed E-state index contributed by atoms with van der Waals surface area (Å²) in [5.74, 6) is 1.39. The first-order valence-corrected chi connectivity index (χ1v) is 12.1. The van der Waals surface area contributed by atoms with E-state index in [-0.39, 0.29) is 12.2 Å². The van der Waals surface area contributed by atoms with Gasteiger partial charge in [0.1, 0.15) is 17.7 Å². The van der Waals surface area contributed by atoms with Gasteiger partial charge in [0.25, 0.3) is 0 Å². The number of amides is 1. The molecular weight excluding hydrogens is 418 g/mol. The summed E-state index contributed by atoms with van der Waals surface area (Å²) in [6.07, 6.45) is 5.99. The molecule has 0 radical (unpaired) electrons. The van der Waals surface area contributed by atoms with Crippen LogP contribution in [0.4, 0.5) is 4.79 Å². The van der Waals surface area contributed by atoms with E-state index < -0.39 is 9.84 Å². The molecule has 9 heteroatoms. The molecule has 3 heterocycles. The number of likely N-dealkylation sites (tertiary alicyclic amines) is 1. The van der Waals surface area contributed by atoms with Gasteiger partial charge in [0.15, 0.2) is 9.84 Å². The molecular formula is C22H25N3O5S. The molecule has 1 fully saturated rings. The highest BCUT2D eigenvalue weighted by Crippen LogP contribution is 2.24. The first-order chi connectivity index (χ1) is 14.8. The Morgan fingerprint density at radius 2 is 1.94 bits per heavy atom. The number of piperidine rings is 1. The van der Waals surface area contributed by atoms with E-state index in [2.05, 4.69) is 4.98 Å². The highest BCUT2D eigenvalue weighted by Gasteiger charge is 2.24. The average Bonchev–Trinajstić information content (AvgIpc) is 3.18. The van der Waals surface area contributed by atoms with Gasteiger partial charge in [-0.2, -0.15) is 0 Å². The van der Waals surface area contributed by atoms with Crippen molar-refractivity contribution in [1.29, 1.82) is 0 Å². The average molecular weight is 444 g/mol. The zero-order chi connectivity index (χ0) is 22.0. The van der Waals surface area contributed by atoms with Crippen molar-refractivity contribution in [1.82, 2.24) is 14.5 Å². The SMILES string of the molecule is CCOC(=O)N1CCC(Oc2ccc(-n3ccc4cc(S(C)(=O)=O)ccc43)nc2)CC1. The summed E-state index contributed by atoms with van der Waals surface area (Å²) in [6.45, 7) is 3.40. The van der Waals surface area contributed by atoms with E-state index in [0.29, 0.717) is 36.2 Å². The van der Waals surface area contributed by atoms with Crippen molar-refractivity contribution in [2.75, 3.05) is 26.0 Å². The largest absolute Gasteiger partial charge is 0.489 e. The topological polar surface area (TPSA) is 90.7 Å². The predicted octanol–water partition coefficient (Wildman–Crippen LogP) is 3.43. The number of ether oxygens (including phenoxy) is 2. The minimum Gasteiger partial charge on any atom is -0.489 e. The van der Waals surface area contributed by atoms with Gasteiger partial charge in [-0.05, 0) is 43.3 Å². The number of benzene rings is 1. The third-order valence-corrected chi connectivity index (χ3v) is 6.44. The highest BCUT2D eigenvalue weighted by molar-refractivity contribution is 7.90. The predicted molar refractivity (Wildman–Crippen MR) is 116 cm³/mol. The molecule has 0 unspecified atom stereocenters. The quantitative estimate of drug-likeness (QED) is 0.600. The van der Waals surface area contributed by atoms with E-state index in [0.717, 1.165) is 23.7 Å². The lowest BCUT2D eigenvalue weighted by molar-refractivity contribution is 0.0702. The van der Waals surface area contributed by atoms with Gasteiger partial charge < -0.3 is 18.9 Å². The fraction of sp³-hybridized carbons (Fsp3) is 0.364. The molecule has 1 aliphatic rings. The van der Waals surface area contributed by atoms with E-state index in [1.165, 1.54) is 6.26 Å². The van der Waals surface area contributed by atoms with Crippen LogP contribution in [-0.2, 0) is 14.6 Å². The summed E-state index contributed by atoms with van der Waals surface area (Å²) in [5.41, 5.74) is 0.875. The number of carbonyl (C=O) groups excluding carboxylic acids is 1. The van der Waals surface area contributed by atoms with E-state index in [1.807, 2.05) is 29.0 Å². The molecule has 3 aromatic rings. The smallest absolute Gasteiger partial charge is 0.409 e. The summed E-state index contributed by atoms with van der Waals surface area (Å²) in [5, 5.41) is 0.832. The van der Waals surface area contributed by atoms with Crippen molar-refractivity contribution in [3.8, 4) is 11.6 Å². The molecule has 0 aliphatic carbocycles. The normalized spacial score (nSPS) is 15.2. The monoisotopic (exact) mass is 443 g/mol. The number of carbonyl (C=O) groups is 1. The minimum absolute atomic E-state index is 0.0279. The number of hydrogen-bond donors (Lipinski definition) is 0. The second kappa shape index (κ2) is 8.58. The molecule has 1 amide bonds. The van der Waals surface area contributed by atoms with Gasteiger partial charge in [-0.25, -0.2) is 18.2 Å². The fourth-order valence-electron chi connectivity index (χ4n) is 3.70. The maximum absolute atomic E-state index is 11.8. The molecule has 0 bridgehead atoms. The number of nitrogens with zero attached hydrogens (tertiary/aromatic N) is 3. The molecule has 1 aliphatic heterocycles. The summed E-state index contributed by atoms with van der Waals surface area (Å²) in [4.78, 5) is 18.3. The van der Waals surface area contributed by atoms with Crippen LogP contribution in [0, 0.1) is 0 Å². The lowest BCUT2D eigenvalue weighted by atomic mass is 10.1. The molecule has 4 rings (SSSR count). The second-order valence-electron chi connectivity index (χ2n) is 7.53. The standard InChI is InChI=1S/C22H25N3O5S/c1-3-29-22(26)24-11-9-17(10-12-24)30-18-4-7-21(23-15-18)25-13-8-16-14-19(31(2,27)28)5-6-20(16)25/h4-8,13-15,17H,3,9-12H2,1-2H3. The highest BCUT2D eigenvalue weighted by atomic mass is 32.2. The van der Waals surface area contributed by atoms with E-state index in [1.54, 1.807) is 36.2 Å². The van der Waals surface area contributed by atoms with Crippen molar-refractivity contribution >= 4 is 26.8 Å². The zero-order valence-corrected chi connectivity index (χ0v) is 18.3. The van der Waals surface area contributed by atoms with Crippen molar-refractivity contribution in [3.63, 3.8) is 0 Å². The Labute approximate surface area is 181 Å². The summed E-state index contributed by atoms with van der Waals surface area (Å²) in [7, 11) is -3.25. The van der Waals surface area contributed by atoms with Crippen LogP contribution in [0.1, 0.15) is 19.8 Å². The number of aromatic nitrogens is 2. The van der Waals surface area contributed by atoms with Crippen molar-refractivity contribution in [3.05, 3.63) is 48.8 Å². The Kier molecular flexibility index (Phi) is 5.86. The molecule has 1 aromatic carbocycles. The van der Waals surface area contributed by atoms with Gasteiger partial charge >= 0.3 is 6.09 Å². The first-order valence-electron chi connectivity index (χ1n) is 10.2. The van der Waals surface area contributed by atoms with Crippen LogP contribution in [0.2, 0.25) is 0 Å².